The average Bonchev–Trinajstić information content (AvgIpc) is 3.59. The first kappa shape index (κ1) is 45.4. The van der Waals surface area contributed by atoms with E-state index in [1.807, 2.05) is 79.7 Å². The second-order valence-corrected chi connectivity index (χ2v) is 15.8. The first-order chi connectivity index (χ1) is 24.5. The summed E-state index contributed by atoms with van der Waals surface area (Å²) in [6.07, 6.45) is 8.20. The zero-order valence-electron chi connectivity index (χ0n) is 34.2. The Balaban J connectivity index is 2.23. The van der Waals surface area contributed by atoms with Crippen molar-refractivity contribution in [3.8, 4) is 0 Å². The molecular formula is C40H71N5O7. The Hall–Kier alpha value is -2.80. The van der Waals surface area contributed by atoms with Crippen LogP contribution < -0.4 is 16.0 Å². The fraction of sp³-hybridized carbons (Fsp3) is 0.800. The van der Waals surface area contributed by atoms with Crippen LogP contribution in [0.3, 0.4) is 0 Å². The number of hydrogen-bond acceptors (Lipinski definition) is 8. The van der Waals surface area contributed by atoms with E-state index in [0.29, 0.717) is 13.0 Å². The molecule has 0 bridgehead atoms. The van der Waals surface area contributed by atoms with Crippen LogP contribution in [0.4, 0.5) is 0 Å². The molecule has 2 unspecified atom stereocenters. The quantitative estimate of drug-likeness (QED) is 0.149. The Bertz CT molecular complexity index is 1220. The Morgan fingerprint density at radius 1 is 0.923 bits per heavy atom. The van der Waals surface area contributed by atoms with Gasteiger partial charge < -0.3 is 40.3 Å². The fourth-order valence-electron chi connectivity index (χ4n) is 7.98. The van der Waals surface area contributed by atoms with Gasteiger partial charge in [0.2, 0.25) is 23.6 Å². The molecule has 0 saturated carbocycles. The number of hydrogen-bond donors (Lipinski definition) is 4. The number of nitrogens with zero attached hydrogens (tertiary/aromatic N) is 2. The second-order valence-electron chi connectivity index (χ2n) is 15.8. The van der Waals surface area contributed by atoms with E-state index in [9.17, 15) is 24.3 Å². The molecule has 4 amide bonds. The SMILES string of the molecule is CC[C@H](C)[C@@H]([C@@H](CC(=O)N1CCC[C@H]1[C@H](OC)[C@@H](C)C(=O)N[C@H](C)[C@@H](O)C1C=CC=CC1C)OC)N(C)C(=O)[C@@H](NC(=O)[C@@H](NC)C(C)C)C(C)C. The van der Waals surface area contributed by atoms with Gasteiger partial charge in [-0.15, -0.1) is 0 Å². The molecule has 4 N–H and O–H groups in total. The molecule has 12 nitrogen and oxygen atoms in total. The van der Waals surface area contributed by atoms with E-state index < -0.39 is 48.4 Å². The number of aliphatic hydroxyl groups excluding tert-OH is 1. The first-order valence-corrected chi connectivity index (χ1v) is 19.4. The van der Waals surface area contributed by atoms with Crippen molar-refractivity contribution < 1.29 is 33.8 Å². The Morgan fingerprint density at radius 2 is 1.54 bits per heavy atom. The van der Waals surface area contributed by atoms with Crippen molar-refractivity contribution in [2.45, 2.75) is 137 Å². The molecule has 0 radical (unpaired) electrons. The minimum Gasteiger partial charge on any atom is -0.390 e. The molecule has 1 aliphatic carbocycles. The third kappa shape index (κ3) is 11.4. The predicted molar refractivity (Wildman–Crippen MR) is 205 cm³/mol. The molecule has 52 heavy (non-hydrogen) atoms. The molecule has 1 heterocycles. The van der Waals surface area contributed by atoms with Crippen LogP contribution in [-0.4, -0.2) is 122 Å². The van der Waals surface area contributed by atoms with E-state index in [2.05, 4.69) is 16.0 Å². The highest BCUT2D eigenvalue weighted by molar-refractivity contribution is 5.90. The average molecular weight is 734 g/mol. The molecule has 12 heteroatoms. The number of likely N-dealkylation sites (N-methyl/N-ethyl adjacent to an activating group) is 2. The maximum atomic E-state index is 14.2. The molecule has 0 aromatic rings. The van der Waals surface area contributed by atoms with Gasteiger partial charge in [-0.25, -0.2) is 0 Å². The molecule has 0 spiro atoms. The number of methoxy groups -OCH3 is 2. The number of amides is 4. The van der Waals surface area contributed by atoms with Crippen LogP contribution in [0.5, 0.6) is 0 Å². The maximum absolute atomic E-state index is 14.2. The summed E-state index contributed by atoms with van der Waals surface area (Å²) in [5.41, 5.74) is 0. The number of likely N-dealkylation sites (tertiary alicyclic amines) is 1. The lowest BCUT2D eigenvalue weighted by Crippen LogP contribution is -2.59. The van der Waals surface area contributed by atoms with Gasteiger partial charge in [-0.3, -0.25) is 19.2 Å². The van der Waals surface area contributed by atoms with Crippen LogP contribution >= 0.6 is 0 Å². The molecule has 1 saturated heterocycles. The van der Waals surface area contributed by atoms with Gasteiger partial charge in [0.05, 0.1) is 54.8 Å². The van der Waals surface area contributed by atoms with Crippen molar-refractivity contribution in [2.75, 3.05) is 34.9 Å². The van der Waals surface area contributed by atoms with Crippen LogP contribution in [0, 0.1) is 35.5 Å². The highest BCUT2D eigenvalue weighted by Gasteiger charge is 2.43. The summed E-state index contributed by atoms with van der Waals surface area (Å²) in [6, 6.07) is -2.45. The van der Waals surface area contributed by atoms with Crippen molar-refractivity contribution in [3.05, 3.63) is 24.3 Å². The summed E-state index contributed by atoms with van der Waals surface area (Å²) < 4.78 is 11.9. The zero-order valence-corrected chi connectivity index (χ0v) is 34.2. The fourth-order valence-corrected chi connectivity index (χ4v) is 7.98. The summed E-state index contributed by atoms with van der Waals surface area (Å²) in [7, 11) is 6.60. The Morgan fingerprint density at radius 3 is 2.06 bits per heavy atom. The smallest absolute Gasteiger partial charge is 0.245 e. The van der Waals surface area contributed by atoms with Crippen LogP contribution in [0.1, 0.15) is 88.0 Å². The topological polar surface area (TPSA) is 150 Å². The van der Waals surface area contributed by atoms with Crippen molar-refractivity contribution in [1.29, 1.82) is 0 Å². The number of carbonyl (C=O) groups is 4. The molecule has 2 rings (SSSR count). The number of carbonyl (C=O) groups excluding carboxylic acids is 4. The molecule has 12 atom stereocenters. The van der Waals surface area contributed by atoms with Gasteiger partial charge in [0.15, 0.2) is 0 Å². The van der Waals surface area contributed by atoms with Gasteiger partial charge in [-0.1, -0.05) is 86.1 Å². The van der Waals surface area contributed by atoms with Gasteiger partial charge in [0.25, 0.3) is 0 Å². The minimum atomic E-state index is -0.759. The van der Waals surface area contributed by atoms with Gasteiger partial charge in [0, 0.05) is 33.7 Å². The monoisotopic (exact) mass is 734 g/mol. The molecule has 298 valence electrons. The number of rotatable bonds is 20. The normalized spacial score (nSPS) is 24.1. The third-order valence-corrected chi connectivity index (χ3v) is 11.5. The van der Waals surface area contributed by atoms with E-state index in [1.54, 1.807) is 45.0 Å². The molecule has 0 aromatic carbocycles. The summed E-state index contributed by atoms with van der Waals surface area (Å²) >= 11 is 0. The highest BCUT2D eigenvalue weighted by Crippen LogP contribution is 2.30. The van der Waals surface area contributed by atoms with Crippen LogP contribution in [0.2, 0.25) is 0 Å². The van der Waals surface area contributed by atoms with E-state index in [-0.39, 0.29) is 65.7 Å². The standard InChI is InChI=1S/C40H71N5O7/c1-14-25(6)35(44(11)40(50)34(24(4)5)43-39(49)33(41-10)23(2)3)31(51-12)22-32(46)45-21-17-20-30(45)37(52-13)27(8)38(48)42-28(9)36(47)29-19-16-15-18-26(29)7/h15-16,18-19,23-31,33-37,41,47H,14,17,20-22H2,1-13H3,(H,42,48)(H,43,49)/t25-,26?,27+,28+,29?,30-,31+,33-,34-,35-,36+,37+/m0/s1. The van der Waals surface area contributed by atoms with E-state index >= 15 is 0 Å². The van der Waals surface area contributed by atoms with Gasteiger partial charge in [0.1, 0.15) is 6.04 Å². The number of allylic oxidation sites excluding steroid dienone is 3. The summed E-state index contributed by atoms with van der Waals surface area (Å²) in [6.45, 7) is 18.0. The van der Waals surface area contributed by atoms with Gasteiger partial charge in [-0.05, 0) is 50.5 Å². The zero-order chi connectivity index (χ0) is 39.4. The summed E-state index contributed by atoms with van der Waals surface area (Å²) in [5.74, 6) is -1.53. The molecule has 0 aromatic heterocycles. The highest BCUT2D eigenvalue weighted by atomic mass is 16.5. The third-order valence-electron chi connectivity index (χ3n) is 11.5. The van der Waals surface area contributed by atoms with Crippen molar-refractivity contribution in [2.24, 2.45) is 35.5 Å². The van der Waals surface area contributed by atoms with Gasteiger partial charge in [-0.2, -0.15) is 0 Å². The lowest BCUT2D eigenvalue weighted by Gasteiger charge is -2.41. The molecule has 1 fully saturated rings. The van der Waals surface area contributed by atoms with Crippen molar-refractivity contribution in [1.82, 2.24) is 25.8 Å². The minimum absolute atomic E-state index is 0.0128. The lowest BCUT2D eigenvalue weighted by atomic mass is 9.83. The molecule has 1 aliphatic heterocycles. The van der Waals surface area contributed by atoms with Crippen LogP contribution in [-0.2, 0) is 28.7 Å². The largest absolute Gasteiger partial charge is 0.390 e. The number of ether oxygens (including phenoxy) is 2. The van der Waals surface area contributed by atoms with E-state index in [1.165, 1.54) is 0 Å². The molecule has 2 aliphatic rings. The second kappa shape index (κ2) is 21.2. The van der Waals surface area contributed by atoms with Crippen molar-refractivity contribution in [3.63, 3.8) is 0 Å². The number of nitrogens with one attached hydrogen (secondary N) is 3. The van der Waals surface area contributed by atoms with E-state index in [0.717, 1.165) is 12.8 Å². The van der Waals surface area contributed by atoms with Gasteiger partial charge >= 0.3 is 0 Å². The summed E-state index contributed by atoms with van der Waals surface area (Å²) in [5, 5.41) is 20.1. The molecular weight excluding hydrogens is 662 g/mol. The summed E-state index contributed by atoms with van der Waals surface area (Å²) in [4.78, 5) is 58.5. The lowest BCUT2D eigenvalue weighted by molar-refractivity contribution is -0.148. The Labute approximate surface area is 313 Å². The van der Waals surface area contributed by atoms with E-state index in [4.69, 9.17) is 9.47 Å². The maximum Gasteiger partial charge on any atom is 0.245 e. The van der Waals surface area contributed by atoms with Crippen LogP contribution in [0.25, 0.3) is 0 Å². The van der Waals surface area contributed by atoms with Crippen molar-refractivity contribution >= 4 is 23.6 Å². The first-order valence-electron chi connectivity index (χ1n) is 19.4. The van der Waals surface area contributed by atoms with Crippen LogP contribution in [0.15, 0.2) is 24.3 Å². The predicted octanol–water partition coefficient (Wildman–Crippen LogP) is 3.54. The number of aliphatic hydroxyl groups is 1. The Kier molecular flexibility index (Phi) is 18.5.